The summed E-state index contributed by atoms with van der Waals surface area (Å²) in [6.07, 6.45) is 2.32. The average Bonchev–Trinajstić information content (AvgIpc) is 3.36. The maximum absolute atomic E-state index is 12.5. The molecule has 1 saturated carbocycles. The molecule has 2 fully saturated rings. The average molecular weight is 331 g/mol. The van der Waals surface area contributed by atoms with Crippen molar-refractivity contribution in [2.75, 3.05) is 39.2 Å². The largest absolute Gasteiger partial charge is 0.379 e. The molecule has 5 nitrogen and oxygen atoms in total. The Hall–Kier alpha value is -1.43. The lowest BCUT2D eigenvalue weighted by Crippen LogP contribution is -2.42. The van der Waals surface area contributed by atoms with Gasteiger partial charge in [-0.3, -0.25) is 14.6 Å². The minimum Gasteiger partial charge on any atom is -0.379 e. The maximum atomic E-state index is 12.5. The molecule has 0 aromatic heterocycles. The van der Waals surface area contributed by atoms with E-state index in [0.717, 1.165) is 44.8 Å². The highest BCUT2D eigenvalue weighted by molar-refractivity contribution is 5.95. The highest BCUT2D eigenvalue weighted by Crippen LogP contribution is 2.35. The first-order valence-corrected chi connectivity index (χ1v) is 8.92. The van der Waals surface area contributed by atoms with E-state index in [4.69, 9.17) is 4.74 Å². The molecule has 2 unspecified atom stereocenters. The van der Waals surface area contributed by atoms with Crippen molar-refractivity contribution >= 4 is 11.6 Å². The number of nitrogens with zero attached hydrogens (tertiary/aromatic N) is 2. The number of ether oxygens (including phenoxy) is 1. The summed E-state index contributed by atoms with van der Waals surface area (Å²) in [5, 5.41) is 3.07. The van der Waals surface area contributed by atoms with Crippen LogP contribution in [-0.2, 0) is 16.1 Å². The minimum atomic E-state index is -0.0149. The van der Waals surface area contributed by atoms with Gasteiger partial charge in [0.25, 0.3) is 0 Å². The Morgan fingerprint density at radius 2 is 2.04 bits per heavy atom. The van der Waals surface area contributed by atoms with Gasteiger partial charge < -0.3 is 10.1 Å². The third kappa shape index (κ3) is 4.35. The molecule has 3 rings (SSSR count). The summed E-state index contributed by atoms with van der Waals surface area (Å²) in [6, 6.07) is 8.69. The molecule has 5 heteroatoms. The van der Waals surface area contributed by atoms with Gasteiger partial charge in [0.1, 0.15) is 0 Å². The van der Waals surface area contributed by atoms with Crippen molar-refractivity contribution in [3.63, 3.8) is 0 Å². The van der Waals surface area contributed by atoms with Crippen molar-refractivity contribution in [3.05, 3.63) is 29.8 Å². The summed E-state index contributed by atoms with van der Waals surface area (Å²) in [6.45, 7) is 5.73. The minimum absolute atomic E-state index is 0.0149. The van der Waals surface area contributed by atoms with Gasteiger partial charge in [0.05, 0.1) is 19.3 Å². The second-order valence-electron chi connectivity index (χ2n) is 7.33. The molecular weight excluding hydrogens is 302 g/mol. The van der Waals surface area contributed by atoms with Crippen LogP contribution in [0.3, 0.4) is 0 Å². The number of morpholine rings is 1. The molecule has 1 aliphatic carbocycles. The fraction of sp³-hybridized carbons (Fsp3) is 0.632. The van der Waals surface area contributed by atoms with Gasteiger partial charge in [-0.2, -0.15) is 0 Å². The van der Waals surface area contributed by atoms with Crippen LogP contribution in [0.5, 0.6) is 0 Å². The fourth-order valence-electron chi connectivity index (χ4n) is 3.42. The third-order valence-corrected chi connectivity index (χ3v) is 5.01. The summed E-state index contributed by atoms with van der Waals surface area (Å²) >= 11 is 0. The van der Waals surface area contributed by atoms with Crippen molar-refractivity contribution in [1.82, 2.24) is 9.80 Å². The van der Waals surface area contributed by atoms with Gasteiger partial charge in [0.2, 0.25) is 5.91 Å². The van der Waals surface area contributed by atoms with Gasteiger partial charge >= 0.3 is 0 Å². The SMILES string of the molecule is CC1COCCN1Cc1ccc(NC(=O)C(C2CC2)N(C)C)cc1. The monoisotopic (exact) mass is 331 g/mol. The quantitative estimate of drug-likeness (QED) is 0.868. The molecule has 1 saturated heterocycles. The van der Waals surface area contributed by atoms with Crippen molar-refractivity contribution in [3.8, 4) is 0 Å². The van der Waals surface area contributed by atoms with Crippen LogP contribution in [0.15, 0.2) is 24.3 Å². The van der Waals surface area contributed by atoms with Crippen molar-refractivity contribution in [2.24, 2.45) is 5.92 Å². The Morgan fingerprint density at radius 1 is 1.33 bits per heavy atom. The maximum Gasteiger partial charge on any atom is 0.241 e. The highest BCUT2D eigenvalue weighted by Gasteiger charge is 2.37. The molecule has 0 spiro atoms. The van der Waals surface area contributed by atoms with Gasteiger partial charge in [-0.1, -0.05) is 12.1 Å². The van der Waals surface area contributed by atoms with Crippen LogP contribution in [0.4, 0.5) is 5.69 Å². The number of carbonyl (C=O) groups excluding carboxylic acids is 1. The second-order valence-corrected chi connectivity index (χ2v) is 7.33. The zero-order valence-electron chi connectivity index (χ0n) is 15.0. The Bertz CT molecular complexity index is 552. The molecule has 1 aromatic carbocycles. The Kier molecular flexibility index (Phi) is 5.54. The second kappa shape index (κ2) is 7.64. The highest BCUT2D eigenvalue weighted by atomic mass is 16.5. The van der Waals surface area contributed by atoms with Gasteiger partial charge in [-0.15, -0.1) is 0 Å². The lowest BCUT2D eigenvalue weighted by Gasteiger charge is -2.33. The topological polar surface area (TPSA) is 44.8 Å². The number of anilines is 1. The molecule has 1 N–H and O–H groups in total. The van der Waals surface area contributed by atoms with E-state index in [1.807, 2.05) is 31.1 Å². The van der Waals surface area contributed by atoms with Crippen LogP contribution in [-0.4, -0.2) is 61.6 Å². The summed E-state index contributed by atoms with van der Waals surface area (Å²) in [5.74, 6) is 0.624. The first kappa shape index (κ1) is 17.4. The van der Waals surface area contributed by atoms with Gasteiger partial charge in [-0.25, -0.2) is 0 Å². The van der Waals surface area contributed by atoms with E-state index < -0.39 is 0 Å². The van der Waals surface area contributed by atoms with E-state index in [1.165, 1.54) is 5.56 Å². The lowest BCUT2D eigenvalue weighted by molar-refractivity contribution is -0.121. The number of hydrogen-bond donors (Lipinski definition) is 1. The van der Waals surface area contributed by atoms with E-state index in [-0.39, 0.29) is 11.9 Å². The molecule has 132 valence electrons. The van der Waals surface area contributed by atoms with Crippen LogP contribution in [0.1, 0.15) is 25.3 Å². The molecule has 1 heterocycles. The number of hydrogen-bond acceptors (Lipinski definition) is 4. The third-order valence-electron chi connectivity index (χ3n) is 5.01. The van der Waals surface area contributed by atoms with E-state index in [1.54, 1.807) is 0 Å². The van der Waals surface area contributed by atoms with E-state index in [0.29, 0.717) is 12.0 Å². The molecule has 24 heavy (non-hydrogen) atoms. The molecule has 1 amide bonds. The first-order chi connectivity index (χ1) is 11.5. The molecule has 2 aliphatic rings. The number of rotatable bonds is 6. The van der Waals surface area contributed by atoms with Crippen LogP contribution in [0.2, 0.25) is 0 Å². The Labute approximate surface area is 145 Å². The predicted molar refractivity (Wildman–Crippen MR) is 96.0 cm³/mol. The Balaban J connectivity index is 1.57. The first-order valence-electron chi connectivity index (χ1n) is 8.92. The molecule has 0 bridgehead atoms. The summed E-state index contributed by atoms with van der Waals surface area (Å²) in [4.78, 5) is 17.0. The number of amides is 1. The zero-order valence-corrected chi connectivity index (χ0v) is 15.0. The summed E-state index contributed by atoms with van der Waals surface area (Å²) < 4.78 is 5.49. The number of benzene rings is 1. The van der Waals surface area contributed by atoms with E-state index >= 15 is 0 Å². The van der Waals surface area contributed by atoms with E-state index in [2.05, 4.69) is 29.3 Å². The number of nitrogens with one attached hydrogen (secondary N) is 1. The zero-order chi connectivity index (χ0) is 17.1. The summed E-state index contributed by atoms with van der Waals surface area (Å²) in [7, 11) is 3.96. The van der Waals surface area contributed by atoms with Crippen LogP contribution in [0.25, 0.3) is 0 Å². The standard InChI is InChI=1S/C19H29N3O2/c1-14-13-24-11-10-22(14)12-15-4-8-17(9-5-15)20-19(23)18(21(2)3)16-6-7-16/h4-5,8-9,14,16,18H,6-7,10-13H2,1-3H3,(H,20,23). The predicted octanol–water partition coefficient (Wildman–Crippen LogP) is 2.19. The number of likely N-dealkylation sites (N-methyl/N-ethyl adjacent to an activating group) is 1. The van der Waals surface area contributed by atoms with Gasteiger partial charge in [0, 0.05) is 24.8 Å². The summed E-state index contributed by atoms with van der Waals surface area (Å²) in [5.41, 5.74) is 2.15. The molecule has 2 atom stereocenters. The molecular formula is C19H29N3O2. The lowest BCUT2D eigenvalue weighted by atomic mass is 10.1. The number of carbonyl (C=O) groups is 1. The van der Waals surface area contributed by atoms with Gasteiger partial charge in [0.15, 0.2) is 0 Å². The van der Waals surface area contributed by atoms with Crippen molar-refractivity contribution in [1.29, 1.82) is 0 Å². The van der Waals surface area contributed by atoms with E-state index in [9.17, 15) is 4.79 Å². The molecule has 0 radical (unpaired) electrons. The van der Waals surface area contributed by atoms with Crippen molar-refractivity contribution in [2.45, 2.75) is 38.4 Å². The molecule has 1 aliphatic heterocycles. The molecule has 1 aromatic rings. The van der Waals surface area contributed by atoms with Crippen LogP contribution in [0, 0.1) is 5.92 Å². The Morgan fingerprint density at radius 3 is 2.62 bits per heavy atom. The van der Waals surface area contributed by atoms with Gasteiger partial charge in [-0.05, 0) is 57.5 Å². The normalized spacial score (nSPS) is 23.2. The smallest absolute Gasteiger partial charge is 0.241 e. The fourth-order valence-corrected chi connectivity index (χ4v) is 3.42. The van der Waals surface area contributed by atoms with Crippen molar-refractivity contribution < 1.29 is 9.53 Å². The van der Waals surface area contributed by atoms with Crippen LogP contribution < -0.4 is 5.32 Å². The van der Waals surface area contributed by atoms with Crippen LogP contribution >= 0.6 is 0 Å².